The van der Waals surface area contributed by atoms with Crippen LogP contribution in [-0.2, 0) is 9.59 Å². The zero-order valence-electron chi connectivity index (χ0n) is 15.2. The van der Waals surface area contributed by atoms with E-state index in [1.54, 1.807) is 6.08 Å². The van der Waals surface area contributed by atoms with Crippen LogP contribution < -0.4 is 0 Å². The maximum absolute atomic E-state index is 12.0. The first-order valence-electron chi connectivity index (χ1n) is 9.38. The monoisotopic (exact) mass is 349 g/mol. The molecule has 2 N–H and O–H groups in total. The van der Waals surface area contributed by atoms with Gasteiger partial charge < -0.3 is 15.1 Å². The molecule has 0 unspecified atom stereocenters. The Morgan fingerprint density at radius 1 is 1.32 bits per heavy atom. The van der Waals surface area contributed by atoms with Gasteiger partial charge in [0.1, 0.15) is 0 Å². The Kier molecular flexibility index (Phi) is 10.7. The number of unbranched alkanes of at least 4 members (excludes halogenated alkanes) is 3. The van der Waals surface area contributed by atoms with Gasteiger partial charge in [0, 0.05) is 32.2 Å². The molecule has 1 aliphatic rings. The molecule has 0 spiro atoms. The molecule has 5 nitrogen and oxygen atoms in total. The third-order valence-corrected chi connectivity index (χ3v) is 4.34. The SMILES string of the molecule is CCC#CCC[C@H](O)C=C[C@H]1CCC(=O)N1CCCCCCC(=O)O. The highest BCUT2D eigenvalue weighted by molar-refractivity contribution is 5.79. The zero-order chi connectivity index (χ0) is 18.5. The topological polar surface area (TPSA) is 77.8 Å². The number of carbonyl (C=O) groups is 2. The van der Waals surface area contributed by atoms with Crippen molar-refractivity contribution >= 4 is 11.9 Å². The number of carboxylic acids is 1. The van der Waals surface area contributed by atoms with Crippen LogP contribution >= 0.6 is 0 Å². The van der Waals surface area contributed by atoms with Crippen molar-refractivity contribution in [2.24, 2.45) is 0 Å². The summed E-state index contributed by atoms with van der Waals surface area (Å²) >= 11 is 0. The smallest absolute Gasteiger partial charge is 0.303 e. The molecule has 5 heteroatoms. The van der Waals surface area contributed by atoms with Crippen molar-refractivity contribution in [3.05, 3.63) is 12.2 Å². The highest BCUT2D eigenvalue weighted by Gasteiger charge is 2.28. The number of hydrogen-bond acceptors (Lipinski definition) is 3. The number of carbonyl (C=O) groups excluding carboxylic acids is 1. The lowest BCUT2D eigenvalue weighted by atomic mass is 10.1. The standard InChI is InChI=1S/C20H31NO4/c1-2-3-4-7-10-18(22)14-12-17-13-15-19(23)21(17)16-9-6-5-8-11-20(24)25/h12,14,17-18,22H,2,5-11,13,15-16H2,1H3,(H,24,25)/t17-,18-/m0/s1. The summed E-state index contributed by atoms with van der Waals surface area (Å²) in [5.74, 6) is 5.42. The van der Waals surface area contributed by atoms with Crippen LogP contribution in [-0.4, -0.2) is 45.7 Å². The van der Waals surface area contributed by atoms with Gasteiger partial charge in [-0.25, -0.2) is 0 Å². The van der Waals surface area contributed by atoms with Gasteiger partial charge in [-0.2, -0.15) is 0 Å². The minimum Gasteiger partial charge on any atom is -0.481 e. The van der Waals surface area contributed by atoms with Crippen LogP contribution in [0.1, 0.15) is 71.1 Å². The van der Waals surface area contributed by atoms with E-state index in [2.05, 4.69) is 11.8 Å². The zero-order valence-corrected chi connectivity index (χ0v) is 15.2. The van der Waals surface area contributed by atoms with E-state index in [1.165, 1.54) is 0 Å². The highest BCUT2D eigenvalue weighted by atomic mass is 16.4. The van der Waals surface area contributed by atoms with Gasteiger partial charge in [0.25, 0.3) is 0 Å². The first-order valence-corrected chi connectivity index (χ1v) is 9.38. The fourth-order valence-corrected chi connectivity index (χ4v) is 2.94. The molecule has 140 valence electrons. The third-order valence-electron chi connectivity index (χ3n) is 4.34. The number of aliphatic carboxylic acids is 1. The molecule has 1 heterocycles. The van der Waals surface area contributed by atoms with Gasteiger partial charge in [-0.15, -0.1) is 11.8 Å². The van der Waals surface area contributed by atoms with Crippen LogP contribution in [0.4, 0.5) is 0 Å². The van der Waals surface area contributed by atoms with Crippen molar-refractivity contribution in [3.63, 3.8) is 0 Å². The van der Waals surface area contributed by atoms with E-state index in [9.17, 15) is 14.7 Å². The van der Waals surface area contributed by atoms with Crippen LogP contribution in [0.3, 0.4) is 0 Å². The minimum atomic E-state index is -0.751. The molecule has 1 fully saturated rings. The molecular formula is C20H31NO4. The van der Waals surface area contributed by atoms with Gasteiger partial charge in [-0.05, 0) is 25.7 Å². The van der Waals surface area contributed by atoms with E-state index in [0.29, 0.717) is 32.2 Å². The van der Waals surface area contributed by atoms with Crippen molar-refractivity contribution in [2.75, 3.05) is 6.54 Å². The summed E-state index contributed by atoms with van der Waals surface area (Å²) in [7, 11) is 0. The third kappa shape index (κ3) is 9.31. The second-order valence-electron chi connectivity index (χ2n) is 6.45. The molecule has 0 aromatic carbocycles. The van der Waals surface area contributed by atoms with Crippen molar-refractivity contribution in [1.82, 2.24) is 4.90 Å². The number of nitrogens with zero attached hydrogens (tertiary/aromatic N) is 1. The number of amides is 1. The van der Waals surface area contributed by atoms with E-state index in [-0.39, 0.29) is 18.4 Å². The molecule has 0 aromatic rings. The van der Waals surface area contributed by atoms with Gasteiger partial charge in [0.15, 0.2) is 0 Å². The largest absolute Gasteiger partial charge is 0.481 e. The predicted octanol–water partition coefficient (Wildman–Crippen LogP) is 3.12. The van der Waals surface area contributed by atoms with Crippen LogP contribution in [0.5, 0.6) is 0 Å². The number of hydrogen-bond donors (Lipinski definition) is 2. The van der Waals surface area contributed by atoms with E-state index in [1.807, 2.05) is 17.9 Å². The fourth-order valence-electron chi connectivity index (χ4n) is 2.94. The molecule has 2 atom stereocenters. The quantitative estimate of drug-likeness (QED) is 0.341. The van der Waals surface area contributed by atoms with Crippen LogP contribution in [0.25, 0.3) is 0 Å². The summed E-state index contributed by atoms with van der Waals surface area (Å²) in [6, 6.07) is 0.0721. The normalized spacial score (nSPS) is 18.4. The lowest BCUT2D eigenvalue weighted by Gasteiger charge is -2.22. The summed E-state index contributed by atoms with van der Waals surface area (Å²) in [5.41, 5.74) is 0. The summed E-state index contributed by atoms with van der Waals surface area (Å²) in [5, 5.41) is 18.6. The van der Waals surface area contributed by atoms with Crippen LogP contribution in [0.2, 0.25) is 0 Å². The summed E-state index contributed by atoms with van der Waals surface area (Å²) in [4.78, 5) is 24.4. The molecule has 0 aliphatic carbocycles. The van der Waals surface area contributed by atoms with Crippen molar-refractivity contribution in [3.8, 4) is 11.8 Å². The Balaban J connectivity index is 2.31. The average molecular weight is 349 g/mol. The Labute approximate surface area is 151 Å². The van der Waals surface area contributed by atoms with Gasteiger partial charge in [0.05, 0.1) is 12.1 Å². The van der Waals surface area contributed by atoms with Gasteiger partial charge in [-0.3, -0.25) is 9.59 Å². The maximum atomic E-state index is 12.0. The summed E-state index contributed by atoms with van der Waals surface area (Å²) in [6.07, 6.45) is 10.3. The molecule has 0 radical (unpaired) electrons. The lowest BCUT2D eigenvalue weighted by Crippen LogP contribution is -2.32. The van der Waals surface area contributed by atoms with E-state index in [4.69, 9.17) is 5.11 Å². The Hall–Kier alpha value is -1.80. The molecule has 0 saturated carbocycles. The van der Waals surface area contributed by atoms with Gasteiger partial charge in [-0.1, -0.05) is 31.9 Å². The van der Waals surface area contributed by atoms with Crippen molar-refractivity contribution in [2.45, 2.75) is 83.3 Å². The van der Waals surface area contributed by atoms with E-state index >= 15 is 0 Å². The molecule has 1 rings (SSSR count). The Morgan fingerprint density at radius 2 is 2.08 bits per heavy atom. The maximum Gasteiger partial charge on any atom is 0.303 e. The van der Waals surface area contributed by atoms with Crippen molar-refractivity contribution in [1.29, 1.82) is 0 Å². The molecule has 1 aliphatic heterocycles. The molecule has 0 aromatic heterocycles. The second kappa shape index (κ2) is 12.5. The highest BCUT2D eigenvalue weighted by Crippen LogP contribution is 2.21. The van der Waals surface area contributed by atoms with Crippen molar-refractivity contribution < 1.29 is 19.8 Å². The predicted molar refractivity (Wildman–Crippen MR) is 97.9 cm³/mol. The number of rotatable bonds is 11. The summed E-state index contributed by atoms with van der Waals surface area (Å²) < 4.78 is 0. The molecular weight excluding hydrogens is 318 g/mol. The number of likely N-dealkylation sites (tertiary alicyclic amines) is 1. The molecule has 25 heavy (non-hydrogen) atoms. The molecule has 0 bridgehead atoms. The molecule has 1 amide bonds. The molecule has 1 saturated heterocycles. The van der Waals surface area contributed by atoms with Crippen LogP contribution in [0.15, 0.2) is 12.2 Å². The second-order valence-corrected chi connectivity index (χ2v) is 6.45. The van der Waals surface area contributed by atoms with E-state index < -0.39 is 12.1 Å². The first kappa shape index (κ1) is 21.2. The average Bonchev–Trinajstić information content (AvgIpc) is 2.93. The Morgan fingerprint density at radius 3 is 2.80 bits per heavy atom. The van der Waals surface area contributed by atoms with Gasteiger partial charge in [0.2, 0.25) is 5.91 Å². The minimum absolute atomic E-state index is 0.0721. The fraction of sp³-hybridized carbons (Fsp3) is 0.700. The van der Waals surface area contributed by atoms with Crippen LogP contribution in [0, 0.1) is 11.8 Å². The number of aliphatic hydroxyl groups excluding tert-OH is 1. The first-order chi connectivity index (χ1) is 12.0. The van der Waals surface area contributed by atoms with E-state index in [0.717, 1.165) is 32.1 Å². The number of aliphatic hydroxyl groups is 1. The van der Waals surface area contributed by atoms with Gasteiger partial charge >= 0.3 is 5.97 Å². The number of carboxylic acid groups (broad SMARTS) is 1. The summed E-state index contributed by atoms with van der Waals surface area (Å²) in [6.45, 7) is 2.71. The lowest BCUT2D eigenvalue weighted by molar-refractivity contribution is -0.137. The Bertz CT molecular complexity index is 504.